The lowest BCUT2D eigenvalue weighted by atomic mass is 10.0. The lowest BCUT2D eigenvalue weighted by Crippen LogP contribution is -2.24. The Bertz CT molecular complexity index is 342. The molecule has 0 aliphatic carbocycles. The Morgan fingerprint density at radius 1 is 1.39 bits per heavy atom. The summed E-state index contributed by atoms with van der Waals surface area (Å²) in [5, 5.41) is 3.50. The van der Waals surface area contributed by atoms with Crippen LogP contribution < -0.4 is 5.32 Å². The Labute approximate surface area is 110 Å². The Morgan fingerprint density at radius 2 is 2.28 bits per heavy atom. The second-order valence-corrected chi connectivity index (χ2v) is 5.12. The molecule has 102 valence electrons. The molecule has 1 aromatic heterocycles. The van der Waals surface area contributed by atoms with Crippen molar-refractivity contribution in [2.75, 3.05) is 13.2 Å². The van der Waals surface area contributed by atoms with Crippen molar-refractivity contribution >= 4 is 0 Å². The normalized spacial score (nSPS) is 22.0. The number of furan rings is 1. The van der Waals surface area contributed by atoms with Gasteiger partial charge in [-0.05, 0) is 57.7 Å². The molecule has 0 bridgehead atoms. The summed E-state index contributed by atoms with van der Waals surface area (Å²) < 4.78 is 11.5. The van der Waals surface area contributed by atoms with Crippen LogP contribution in [0.5, 0.6) is 0 Å². The van der Waals surface area contributed by atoms with Gasteiger partial charge in [-0.3, -0.25) is 0 Å². The summed E-state index contributed by atoms with van der Waals surface area (Å²) in [6, 6.07) is 4.45. The van der Waals surface area contributed by atoms with Crippen LogP contribution in [0.4, 0.5) is 0 Å². The second-order valence-electron chi connectivity index (χ2n) is 5.12. The van der Waals surface area contributed by atoms with Crippen LogP contribution in [0, 0.1) is 6.92 Å². The minimum Gasteiger partial charge on any atom is -0.465 e. The number of hydrogen-bond donors (Lipinski definition) is 1. The van der Waals surface area contributed by atoms with Gasteiger partial charge in [0, 0.05) is 6.61 Å². The number of nitrogens with one attached hydrogen (secondary N) is 1. The molecule has 2 rings (SSSR count). The molecule has 3 nitrogen and oxygen atoms in total. The molecule has 18 heavy (non-hydrogen) atoms. The summed E-state index contributed by atoms with van der Waals surface area (Å²) in [7, 11) is 0. The third-order valence-corrected chi connectivity index (χ3v) is 3.61. The molecule has 0 saturated carbocycles. The van der Waals surface area contributed by atoms with Crippen molar-refractivity contribution in [2.45, 2.75) is 58.1 Å². The quantitative estimate of drug-likeness (QED) is 0.839. The zero-order valence-electron chi connectivity index (χ0n) is 11.6. The molecule has 1 N–H and O–H groups in total. The Kier molecular flexibility index (Phi) is 5.26. The van der Waals surface area contributed by atoms with Crippen molar-refractivity contribution in [3.05, 3.63) is 23.7 Å². The molecular formula is C15H25NO2. The highest BCUT2D eigenvalue weighted by Crippen LogP contribution is 2.25. The summed E-state index contributed by atoms with van der Waals surface area (Å²) in [4.78, 5) is 0. The minimum atomic E-state index is 0.328. The fraction of sp³-hybridized carbons (Fsp3) is 0.733. The average molecular weight is 251 g/mol. The van der Waals surface area contributed by atoms with Gasteiger partial charge in [0.1, 0.15) is 11.5 Å². The molecule has 0 spiro atoms. The molecule has 0 radical (unpaired) electrons. The Balaban J connectivity index is 1.85. The van der Waals surface area contributed by atoms with Crippen LogP contribution in [-0.4, -0.2) is 19.3 Å². The molecule has 2 atom stereocenters. The van der Waals surface area contributed by atoms with Crippen LogP contribution in [0.15, 0.2) is 16.5 Å². The van der Waals surface area contributed by atoms with E-state index in [2.05, 4.69) is 18.3 Å². The summed E-state index contributed by atoms with van der Waals surface area (Å²) in [6.07, 6.45) is 6.43. The monoisotopic (exact) mass is 251 g/mol. The third-order valence-electron chi connectivity index (χ3n) is 3.61. The maximum Gasteiger partial charge on any atom is 0.121 e. The van der Waals surface area contributed by atoms with Crippen LogP contribution in [0.3, 0.4) is 0 Å². The van der Waals surface area contributed by atoms with Gasteiger partial charge in [0.15, 0.2) is 0 Å². The first-order valence-electron chi connectivity index (χ1n) is 7.21. The number of aryl methyl sites for hydroxylation is 1. The number of ether oxygens (including phenoxy) is 1. The number of hydrogen-bond acceptors (Lipinski definition) is 3. The first-order chi connectivity index (χ1) is 8.79. The highest BCUT2D eigenvalue weighted by Gasteiger charge is 2.19. The first kappa shape index (κ1) is 13.6. The third kappa shape index (κ3) is 3.85. The van der Waals surface area contributed by atoms with Crippen molar-refractivity contribution in [2.24, 2.45) is 0 Å². The van der Waals surface area contributed by atoms with Gasteiger partial charge in [0.2, 0.25) is 0 Å². The molecule has 0 aromatic carbocycles. The molecule has 1 fully saturated rings. The molecule has 1 aliphatic rings. The highest BCUT2D eigenvalue weighted by molar-refractivity contribution is 5.09. The van der Waals surface area contributed by atoms with E-state index in [4.69, 9.17) is 9.15 Å². The smallest absolute Gasteiger partial charge is 0.121 e. The molecule has 0 amide bonds. The first-order valence-corrected chi connectivity index (χ1v) is 7.21. The molecule has 2 unspecified atom stereocenters. The fourth-order valence-electron chi connectivity index (χ4n) is 2.62. The molecule has 1 saturated heterocycles. The predicted octanol–water partition coefficient (Wildman–Crippen LogP) is 3.59. The minimum absolute atomic E-state index is 0.328. The van der Waals surface area contributed by atoms with Crippen LogP contribution in [-0.2, 0) is 4.74 Å². The Hall–Kier alpha value is -0.800. The van der Waals surface area contributed by atoms with E-state index >= 15 is 0 Å². The summed E-state index contributed by atoms with van der Waals surface area (Å²) in [5.74, 6) is 2.05. The van der Waals surface area contributed by atoms with E-state index < -0.39 is 0 Å². The maximum absolute atomic E-state index is 5.79. The highest BCUT2D eigenvalue weighted by atomic mass is 16.5. The van der Waals surface area contributed by atoms with Gasteiger partial charge in [-0.15, -0.1) is 0 Å². The van der Waals surface area contributed by atoms with Crippen LogP contribution in [0.2, 0.25) is 0 Å². The fourth-order valence-corrected chi connectivity index (χ4v) is 2.62. The van der Waals surface area contributed by atoms with Crippen LogP contribution >= 0.6 is 0 Å². The molecule has 2 heterocycles. The van der Waals surface area contributed by atoms with Crippen molar-refractivity contribution in [1.29, 1.82) is 0 Å². The van der Waals surface area contributed by atoms with Crippen molar-refractivity contribution in [3.63, 3.8) is 0 Å². The van der Waals surface area contributed by atoms with Crippen LogP contribution in [0.1, 0.15) is 56.6 Å². The lowest BCUT2D eigenvalue weighted by molar-refractivity contribution is 0.00822. The summed E-state index contributed by atoms with van der Waals surface area (Å²) >= 11 is 0. The van der Waals surface area contributed by atoms with E-state index in [0.717, 1.165) is 37.5 Å². The topological polar surface area (TPSA) is 34.4 Å². The van der Waals surface area contributed by atoms with E-state index in [1.54, 1.807) is 0 Å². The molecule has 1 aromatic rings. The van der Waals surface area contributed by atoms with E-state index in [0.29, 0.717) is 12.1 Å². The van der Waals surface area contributed by atoms with Crippen molar-refractivity contribution in [3.8, 4) is 0 Å². The van der Waals surface area contributed by atoms with Gasteiger partial charge in [0.05, 0.1) is 12.1 Å². The van der Waals surface area contributed by atoms with Gasteiger partial charge in [0.25, 0.3) is 0 Å². The Morgan fingerprint density at radius 3 is 2.89 bits per heavy atom. The maximum atomic E-state index is 5.79. The molecule has 3 heteroatoms. The van der Waals surface area contributed by atoms with Crippen molar-refractivity contribution < 1.29 is 9.15 Å². The average Bonchev–Trinajstić information content (AvgIpc) is 2.82. The number of rotatable bonds is 6. The van der Waals surface area contributed by atoms with E-state index in [1.807, 2.05) is 13.0 Å². The lowest BCUT2D eigenvalue weighted by Gasteiger charge is -2.24. The second kappa shape index (κ2) is 6.95. The van der Waals surface area contributed by atoms with E-state index in [-0.39, 0.29) is 0 Å². The standard InChI is InChI=1S/C15H25NO2/c1-3-16-14(15-10-7-12(2)18-15)9-8-13-6-4-5-11-17-13/h7,10,13-14,16H,3-6,8-9,11H2,1-2H3. The van der Waals surface area contributed by atoms with Gasteiger partial charge in [-0.2, -0.15) is 0 Å². The van der Waals surface area contributed by atoms with Gasteiger partial charge in [-0.25, -0.2) is 0 Å². The molecular weight excluding hydrogens is 226 g/mol. The van der Waals surface area contributed by atoms with Crippen molar-refractivity contribution in [1.82, 2.24) is 5.32 Å². The van der Waals surface area contributed by atoms with Crippen LogP contribution in [0.25, 0.3) is 0 Å². The summed E-state index contributed by atoms with van der Waals surface area (Å²) in [6.45, 7) is 6.04. The predicted molar refractivity (Wildman–Crippen MR) is 72.7 cm³/mol. The van der Waals surface area contributed by atoms with E-state index in [1.165, 1.54) is 19.3 Å². The zero-order valence-corrected chi connectivity index (χ0v) is 11.6. The summed E-state index contributed by atoms with van der Waals surface area (Å²) in [5.41, 5.74) is 0. The van der Waals surface area contributed by atoms with Gasteiger partial charge < -0.3 is 14.5 Å². The van der Waals surface area contributed by atoms with Gasteiger partial charge >= 0.3 is 0 Å². The SMILES string of the molecule is CCNC(CCC1CCCCO1)c1ccc(C)o1. The van der Waals surface area contributed by atoms with Gasteiger partial charge in [-0.1, -0.05) is 6.92 Å². The molecule has 1 aliphatic heterocycles. The largest absolute Gasteiger partial charge is 0.465 e. The van der Waals surface area contributed by atoms with E-state index in [9.17, 15) is 0 Å². The zero-order chi connectivity index (χ0) is 12.8.